The van der Waals surface area contributed by atoms with Crippen LogP contribution in [0.2, 0.25) is 0 Å². The second-order valence-electron chi connectivity index (χ2n) is 2.34. The molecular weight excluding hydrogens is 176 g/mol. The van der Waals surface area contributed by atoms with Crippen molar-refractivity contribution >= 4 is 11.9 Å². The van der Waals surface area contributed by atoms with E-state index in [0.717, 1.165) is 5.56 Å². The molecule has 0 aromatic heterocycles. The Morgan fingerprint density at radius 3 is 2.50 bits per heavy atom. The maximum Gasteiger partial charge on any atom is 0.168 e. The van der Waals surface area contributed by atoms with Gasteiger partial charge in [-0.05, 0) is 11.6 Å². The highest BCUT2D eigenvalue weighted by molar-refractivity contribution is 5.94. The van der Waals surface area contributed by atoms with Gasteiger partial charge in [-0.3, -0.25) is 5.41 Å². The lowest BCUT2D eigenvalue weighted by Crippen LogP contribution is -1.85. The Labute approximate surface area is 83.6 Å². The predicted molar refractivity (Wildman–Crippen MR) is 59.0 cm³/mol. The third-order valence-corrected chi connectivity index (χ3v) is 1.40. The zero-order valence-electron chi connectivity index (χ0n) is 7.01. The van der Waals surface area contributed by atoms with Gasteiger partial charge in [0, 0.05) is 0 Å². The molecule has 0 aliphatic heterocycles. The lowest BCUT2D eigenvalue weighted by molar-refractivity contribution is 1.08. The van der Waals surface area contributed by atoms with Crippen molar-refractivity contribution in [3.8, 4) is 0 Å². The van der Waals surface area contributed by atoms with Gasteiger partial charge in [0.05, 0.1) is 0 Å². The molecule has 3 N–H and O–H groups in total. The molecule has 0 saturated carbocycles. The fourth-order valence-electron chi connectivity index (χ4n) is 0.835. The van der Waals surface area contributed by atoms with Crippen molar-refractivity contribution in [3.63, 3.8) is 0 Å². The number of rotatable bonds is 2. The van der Waals surface area contributed by atoms with Crippen LogP contribution in [0.1, 0.15) is 13.0 Å². The normalized spacial score (nSPS) is 10.3. The summed E-state index contributed by atoms with van der Waals surface area (Å²) in [6, 6.07) is 9.65. The number of benzene rings is 1. The second-order valence-corrected chi connectivity index (χ2v) is 2.34. The quantitative estimate of drug-likeness (QED) is 0.243. The largest absolute Gasteiger partial charge is 0.305 e. The van der Waals surface area contributed by atoms with E-state index in [1.165, 1.54) is 6.08 Å². The standard InChI is InChI=1S/C9H10N4.CH4/c10-9(12-13-11)7-6-8-4-2-1-3-5-8;/h1-7H,(H3,10,11,12);1H4/b7-6+;. The molecule has 14 heavy (non-hydrogen) atoms. The van der Waals surface area contributed by atoms with Crippen molar-refractivity contribution in [1.29, 1.82) is 5.41 Å². The average Bonchev–Trinajstić information content (AvgIpc) is 2.17. The highest BCUT2D eigenvalue weighted by Crippen LogP contribution is 2.00. The van der Waals surface area contributed by atoms with Gasteiger partial charge in [0.2, 0.25) is 0 Å². The maximum absolute atomic E-state index is 7.21. The topological polar surface area (TPSA) is 74.6 Å². The van der Waals surface area contributed by atoms with Crippen LogP contribution in [0.4, 0.5) is 0 Å². The monoisotopic (exact) mass is 190 g/mol. The first-order valence-corrected chi connectivity index (χ1v) is 3.75. The summed E-state index contributed by atoms with van der Waals surface area (Å²) >= 11 is 0. The van der Waals surface area contributed by atoms with Gasteiger partial charge in [-0.2, -0.15) is 0 Å². The molecule has 4 nitrogen and oxygen atoms in total. The first-order valence-electron chi connectivity index (χ1n) is 3.75. The van der Waals surface area contributed by atoms with Crippen LogP contribution in [-0.4, -0.2) is 5.84 Å². The lowest BCUT2D eigenvalue weighted by Gasteiger charge is -1.89. The van der Waals surface area contributed by atoms with Gasteiger partial charge in [0.15, 0.2) is 5.84 Å². The van der Waals surface area contributed by atoms with Crippen LogP contribution < -0.4 is 5.84 Å². The SMILES string of the molecule is C.N=C(/C=C/c1ccccc1)N=NN. The van der Waals surface area contributed by atoms with Gasteiger partial charge in [-0.1, -0.05) is 49.1 Å². The van der Waals surface area contributed by atoms with Gasteiger partial charge in [-0.25, -0.2) is 0 Å². The fraction of sp³-hybridized carbons (Fsp3) is 0.100. The van der Waals surface area contributed by atoms with E-state index in [0.29, 0.717) is 0 Å². The second kappa shape index (κ2) is 6.54. The van der Waals surface area contributed by atoms with E-state index < -0.39 is 0 Å². The Hall–Kier alpha value is -1.97. The number of hydrogen-bond acceptors (Lipinski definition) is 2. The number of amidine groups is 1. The maximum atomic E-state index is 7.21. The molecule has 4 heteroatoms. The molecule has 0 unspecified atom stereocenters. The molecule has 1 aromatic carbocycles. The minimum atomic E-state index is 0. The summed E-state index contributed by atoms with van der Waals surface area (Å²) in [5, 5.41) is 13.5. The Bertz CT molecular complexity index is 327. The Balaban J connectivity index is 0.00000169. The summed E-state index contributed by atoms with van der Waals surface area (Å²) in [7, 11) is 0. The minimum absolute atomic E-state index is 0. The molecule has 0 amide bonds. The number of nitrogens with zero attached hydrogens (tertiary/aromatic N) is 2. The van der Waals surface area contributed by atoms with Crippen LogP contribution in [0.25, 0.3) is 6.08 Å². The molecule has 1 rings (SSSR count). The summed E-state index contributed by atoms with van der Waals surface area (Å²) in [5.74, 6) is 4.82. The summed E-state index contributed by atoms with van der Waals surface area (Å²) in [5.41, 5.74) is 1.01. The third-order valence-electron chi connectivity index (χ3n) is 1.40. The molecule has 1 aromatic rings. The van der Waals surface area contributed by atoms with Gasteiger partial charge in [0.25, 0.3) is 0 Å². The van der Waals surface area contributed by atoms with Crippen molar-refractivity contribution in [2.24, 2.45) is 16.2 Å². The fourth-order valence-corrected chi connectivity index (χ4v) is 0.835. The van der Waals surface area contributed by atoms with Crippen LogP contribution in [0, 0.1) is 5.41 Å². The van der Waals surface area contributed by atoms with Crippen LogP contribution >= 0.6 is 0 Å². The van der Waals surface area contributed by atoms with Gasteiger partial charge in [0.1, 0.15) is 0 Å². The summed E-state index contributed by atoms with van der Waals surface area (Å²) in [4.78, 5) is 0. The lowest BCUT2D eigenvalue weighted by atomic mass is 10.2. The van der Waals surface area contributed by atoms with Crippen LogP contribution in [-0.2, 0) is 0 Å². The zero-order valence-corrected chi connectivity index (χ0v) is 7.01. The number of nitrogens with one attached hydrogen (secondary N) is 1. The molecule has 0 saturated heterocycles. The first kappa shape index (κ1) is 12.0. The smallest absolute Gasteiger partial charge is 0.168 e. The van der Waals surface area contributed by atoms with Crippen molar-refractivity contribution in [2.45, 2.75) is 7.43 Å². The van der Waals surface area contributed by atoms with Crippen LogP contribution in [0.3, 0.4) is 0 Å². The van der Waals surface area contributed by atoms with Gasteiger partial charge < -0.3 is 5.84 Å². The summed E-state index contributed by atoms with van der Waals surface area (Å²) in [6.45, 7) is 0. The molecule has 0 fully saturated rings. The molecule has 74 valence electrons. The molecule has 0 aliphatic carbocycles. The first-order chi connectivity index (χ1) is 6.33. The third kappa shape index (κ3) is 4.15. The van der Waals surface area contributed by atoms with E-state index in [1.807, 2.05) is 30.3 Å². The highest BCUT2D eigenvalue weighted by atomic mass is 15.3. The van der Waals surface area contributed by atoms with E-state index >= 15 is 0 Å². The van der Waals surface area contributed by atoms with E-state index in [2.05, 4.69) is 10.3 Å². The van der Waals surface area contributed by atoms with E-state index in [4.69, 9.17) is 11.3 Å². The van der Waals surface area contributed by atoms with Crippen LogP contribution in [0.5, 0.6) is 0 Å². The predicted octanol–water partition coefficient (Wildman–Crippen LogP) is 2.64. The van der Waals surface area contributed by atoms with E-state index in [1.54, 1.807) is 6.08 Å². The molecule has 0 radical (unpaired) electrons. The van der Waals surface area contributed by atoms with Crippen molar-refractivity contribution < 1.29 is 0 Å². The molecule has 0 atom stereocenters. The summed E-state index contributed by atoms with van der Waals surface area (Å²) < 4.78 is 0. The van der Waals surface area contributed by atoms with Crippen molar-refractivity contribution in [2.75, 3.05) is 0 Å². The Morgan fingerprint density at radius 1 is 1.29 bits per heavy atom. The Kier molecular flexibility index (Phi) is 5.62. The van der Waals surface area contributed by atoms with E-state index in [-0.39, 0.29) is 13.3 Å². The van der Waals surface area contributed by atoms with Gasteiger partial charge >= 0.3 is 0 Å². The minimum Gasteiger partial charge on any atom is -0.305 e. The van der Waals surface area contributed by atoms with Crippen molar-refractivity contribution in [1.82, 2.24) is 0 Å². The van der Waals surface area contributed by atoms with Crippen LogP contribution in [0.15, 0.2) is 46.7 Å². The molecule has 0 spiro atoms. The molecule has 0 aliphatic rings. The summed E-state index contributed by atoms with van der Waals surface area (Å²) in [6.07, 6.45) is 3.31. The number of hydrogen-bond donors (Lipinski definition) is 2. The zero-order chi connectivity index (χ0) is 9.52. The Morgan fingerprint density at radius 2 is 1.93 bits per heavy atom. The molecule has 0 bridgehead atoms. The number of nitrogens with two attached hydrogens (primary N) is 1. The molecular formula is C10H14N4. The van der Waals surface area contributed by atoms with Gasteiger partial charge in [-0.15, -0.1) is 5.11 Å². The average molecular weight is 190 g/mol. The van der Waals surface area contributed by atoms with Crippen molar-refractivity contribution in [3.05, 3.63) is 42.0 Å². The highest BCUT2D eigenvalue weighted by Gasteiger charge is 1.85. The van der Waals surface area contributed by atoms with E-state index in [9.17, 15) is 0 Å². The molecule has 0 heterocycles.